The Balaban J connectivity index is 1.81. The lowest BCUT2D eigenvalue weighted by Gasteiger charge is -2.08. The predicted molar refractivity (Wildman–Crippen MR) is 91.6 cm³/mol. The van der Waals surface area contributed by atoms with Crippen LogP contribution in [0.2, 0.25) is 0 Å². The Bertz CT molecular complexity index is 742. The van der Waals surface area contributed by atoms with E-state index in [1.54, 1.807) is 6.20 Å². The maximum Gasteiger partial charge on any atom is 0.233 e. The molecule has 0 aliphatic carbocycles. The summed E-state index contributed by atoms with van der Waals surface area (Å²) in [5, 5.41) is 0. The minimum atomic E-state index is 0.547. The highest BCUT2D eigenvalue weighted by Crippen LogP contribution is 2.30. The van der Waals surface area contributed by atoms with Gasteiger partial charge in [0, 0.05) is 10.7 Å². The number of halogens is 2. The number of ether oxygens (including phenoxy) is 1. The molecule has 0 aliphatic rings. The summed E-state index contributed by atoms with van der Waals surface area (Å²) in [6.07, 6.45) is 1.71. The van der Waals surface area contributed by atoms with E-state index in [0.29, 0.717) is 5.88 Å². The molecule has 0 bridgehead atoms. The summed E-state index contributed by atoms with van der Waals surface area (Å²) >= 11 is 6.81. The highest BCUT2D eigenvalue weighted by Gasteiger charge is 2.05. The Morgan fingerprint density at radius 1 is 0.810 bits per heavy atom. The number of hydrogen-bond donors (Lipinski definition) is 0. The fourth-order valence-corrected chi connectivity index (χ4v) is 3.00. The third-order valence-electron chi connectivity index (χ3n) is 2.95. The van der Waals surface area contributed by atoms with Crippen LogP contribution in [0.4, 0.5) is 0 Å². The Morgan fingerprint density at radius 3 is 2.14 bits per heavy atom. The van der Waals surface area contributed by atoms with E-state index in [9.17, 15) is 0 Å². The largest absolute Gasteiger partial charge is 0.438 e. The molecule has 0 unspecified atom stereocenters. The molecular formula is C17H11Br2NO. The van der Waals surface area contributed by atoms with Crippen LogP contribution in [0.5, 0.6) is 11.6 Å². The fraction of sp³-hybridized carbons (Fsp3) is 0. The molecule has 1 heterocycles. The van der Waals surface area contributed by atoms with Crippen LogP contribution in [0.25, 0.3) is 11.1 Å². The minimum absolute atomic E-state index is 0.547. The lowest BCUT2D eigenvalue weighted by atomic mass is 10.1. The van der Waals surface area contributed by atoms with Gasteiger partial charge in [-0.15, -0.1) is 0 Å². The van der Waals surface area contributed by atoms with Gasteiger partial charge in [-0.2, -0.15) is 0 Å². The van der Waals surface area contributed by atoms with E-state index >= 15 is 0 Å². The first-order valence-corrected chi connectivity index (χ1v) is 7.95. The summed E-state index contributed by atoms with van der Waals surface area (Å²) in [6, 6.07) is 20.1. The first kappa shape index (κ1) is 14.3. The molecule has 0 saturated carbocycles. The average Bonchev–Trinajstić information content (AvgIpc) is 2.52. The molecule has 2 aromatic carbocycles. The van der Waals surface area contributed by atoms with E-state index < -0.39 is 0 Å². The Morgan fingerprint density at radius 2 is 1.48 bits per heavy atom. The maximum atomic E-state index is 5.78. The Labute approximate surface area is 140 Å². The molecule has 0 aliphatic heterocycles. The first-order valence-electron chi connectivity index (χ1n) is 6.37. The van der Waals surface area contributed by atoms with Crippen LogP contribution in [0, 0.1) is 0 Å². The summed E-state index contributed by atoms with van der Waals surface area (Å²) in [5.74, 6) is 1.30. The maximum absolute atomic E-state index is 5.78. The van der Waals surface area contributed by atoms with Gasteiger partial charge in [-0.3, -0.25) is 0 Å². The van der Waals surface area contributed by atoms with Gasteiger partial charge in [0.05, 0.1) is 4.47 Å². The molecule has 0 radical (unpaired) electrons. The van der Waals surface area contributed by atoms with Crippen molar-refractivity contribution in [1.82, 2.24) is 4.98 Å². The number of rotatable bonds is 3. The Hall–Kier alpha value is -1.65. The van der Waals surface area contributed by atoms with E-state index in [-0.39, 0.29) is 0 Å². The van der Waals surface area contributed by atoms with Crippen molar-refractivity contribution in [1.29, 1.82) is 0 Å². The monoisotopic (exact) mass is 403 g/mol. The van der Waals surface area contributed by atoms with Gasteiger partial charge in [-0.25, -0.2) is 4.98 Å². The fourth-order valence-electron chi connectivity index (χ4n) is 1.93. The molecule has 0 saturated heterocycles. The minimum Gasteiger partial charge on any atom is -0.438 e. The van der Waals surface area contributed by atoms with Crippen LogP contribution in [-0.4, -0.2) is 4.98 Å². The Kier molecular flexibility index (Phi) is 4.36. The summed E-state index contributed by atoms with van der Waals surface area (Å²) in [5.41, 5.74) is 2.35. The smallest absolute Gasteiger partial charge is 0.233 e. The average molecular weight is 405 g/mol. The molecule has 0 amide bonds. The third-order valence-corrected chi connectivity index (χ3v) is 3.95. The van der Waals surface area contributed by atoms with Crippen LogP contribution in [0.15, 0.2) is 75.8 Å². The quantitative estimate of drug-likeness (QED) is 0.528. The molecule has 0 N–H and O–H groups in total. The van der Waals surface area contributed by atoms with Crippen LogP contribution in [0.1, 0.15) is 0 Å². The zero-order valence-electron chi connectivity index (χ0n) is 11.0. The van der Waals surface area contributed by atoms with E-state index in [2.05, 4.69) is 49.0 Å². The van der Waals surface area contributed by atoms with Crippen molar-refractivity contribution in [3.8, 4) is 22.8 Å². The molecule has 2 nitrogen and oxygen atoms in total. The normalized spacial score (nSPS) is 10.4. The number of benzene rings is 2. The lowest BCUT2D eigenvalue weighted by molar-refractivity contribution is 0.459. The summed E-state index contributed by atoms with van der Waals surface area (Å²) in [6.45, 7) is 0. The van der Waals surface area contributed by atoms with Gasteiger partial charge in [-0.05, 0) is 61.2 Å². The lowest BCUT2D eigenvalue weighted by Crippen LogP contribution is -1.89. The van der Waals surface area contributed by atoms with E-state index in [1.807, 2.05) is 48.5 Å². The van der Waals surface area contributed by atoms with Gasteiger partial charge >= 0.3 is 0 Å². The topological polar surface area (TPSA) is 22.1 Å². The van der Waals surface area contributed by atoms with Crippen LogP contribution in [-0.2, 0) is 0 Å². The van der Waals surface area contributed by atoms with Crippen molar-refractivity contribution >= 4 is 31.9 Å². The van der Waals surface area contributed by atoms with E-state index in [1.165, 1.54) is 5.56 Å². The van der Waals surface area contributed by atoms with Gasteiger partial charge in [0.15, 0.2) is 0 Å². The number of pyridine rings is 1. The summed E-state index contributed by atoms with van der Waals surface area (Å²) in [7, 11) is 0. The number of hydrogen-bond acceptors (Lipinski definition) is 2. The zero-order chi connectivity index (χ0) is 14.7. The van der Waals surface area contributed by atoms with Crippen molar-refractivity contribution in [3.05, 3.63) is 75.8 Å². The van der Waals surface area contributed by atoms with Crippen LogP contribution in [0.3, 0.4) is 0 Å². The molecule has 3 aromatic rings. The van der Waals surface area contributed by atoms with Gasteiger partial charge in [0.1, 0.15) is 5.75 Å². The van der Waals surface area contributed by atoms with Crippen molar-refractivity contribution in [2.45, 2.75) is 0 Å². The van der Waals surface area contributed by atoms with Crippen molar-refractivity contribution in [2.24, 2.45) is 0 Å². The van der Waals surface area contributed by atoms with Gasteiger partial charge < -0.3 is 4.74 Å². The highest BCUT2D eigenvalue weighted by atomic mass is 79.9. The molecule has 21 heavy (non-hydrogen) atoms. The third kappa shape index (κ3) is 3.52. The van der Waals surface area contributed by atoms with Gasteiger partial charge in [0.2, 0.25) is 5.88 Å². The van der Waals surface area contributed by atoms with Crippen molar-refractivity contribution < 1.29 is 4.74 Å². The molecular weight excluding hydrogens is 394 g/mol. The molecule has 4 heteroatoms. The van der Waals surface area contributed by atoms with Crippen molar-refractivity contribution in [2.75, 3.05) is 0 Å². The first-order chi connectivity index (χ1) is 10.2. The molecule has 3 rings (SSSR count). The second kappa shape index (κ2) is 6.41. The SMILES string of the molecule is Brc1cnc(Oc2ccc(-c3ccccc3)cc2)c(Br)c1. The standard InChI is InChI=1S/C17H11Br2NO/c18-14-10-16(19)17(20-11-14)21-15-8-6-13(7-9-15)12-4-2-1-3-5-12/h1-11H. The van der Waals surface area contributed by atoms with Gasteiger partial charge in [-0.1, -0.05) is 42.5 Å². The molecule has 0 atom stereocenters. The summed E-state index contributed by atoms with van der Waals surface area (Å²) in [4.78, 5) is 4.24. The van der Waals surface area contributed by atoms with E-state index in [0.717, 1.165) is 20.3 Å². The summed E-state index contributed by atoms with van der Waals surface area (Å²) < 4.78 is 7.49. The molecule has 0 fully saturated rings. The zero-order valence-corrected chi connectivity index (χ0v) is 14.1. The van der Waals surface area contributed by atoms with Gasteiger partial charge in [0.25, 0.3) is 0 Å². The number of nitrogens with zero attached hydrogens (tertiary/aromatic N) is 1. The highest BCUT2D eigenvalue weighted by molar-refractivity contribution is 9.11. The molecule has 0 spiro atoms. The second-order valence-electron chi connectivity index (χ2n) is 4.43. The van der Waals surface area contributed by atoms with Crippen LogP contribution >= 0.6 is 31.9 Å². The van der Waals surface area contributed by atoms with E-state index in [4.69, 9.17) is 4.74 Å². The predicted octanol–water partition coefficient (Wildman–Crippen LogP) is 6.07. The second-order valence-corrected chi connectivity index (χ2v) is 6.20. The molecule has 104 valence electrons. The number of aromatic nitrogens is 1. The van der Waals surface area contributed by atoms with Crippen molar-refractivity contribution in [3.63, 3.8) is 0 Å². The van der Waals surface area contributed by atoms with Crippen LogP contribution < -0.4 is 4.74 Å². The molecule has 1 aromatic heterocycles.